The van der Waals surface area contributed by atoms with Crippen LogP contribution in [-0.2, 0) is 6.42 Å². The van der Waals surface area contributed by atoms with Gasteiger partial charge in [0.15, 0.2) is 0 Å². The Bertz CT molecular complexity index is 828. The Balaban J connectivity index is 0.00000169. The highest BCUT2D eigenvalue weighted by Crippen LogP contribution is 2.36. The van der Waals surface area contributed by atoms with Crippen LogP contribution >= 0.6 is 28.3 Å². The van der Waals surface area contributed by atoms with Gasteiger partial charge in [0.25, 0.3) is 0 Å². The predicted octanol–water partition coefficient (Wildman–Crippen LogP) is 6.08. The Morgan fingerprint density at radius 3 is 2.75 bits per heavy atom. The standard InChI is InChI=1S/C20H21BrN2.ClH/c1-13(14-6-3-2-4-7-14)22-18-9-5-8-17-16-11-10-15(21)12-19(16)23-20(17)18;/h2-4,6-7,10-13,18,22-23H,5,8-9H2,1H3;1H/t13-,18+;/m1./s1. The van der Waals surface area contributed by atoms with Gasteiger partial charge in [-0.05, 0) is 49.4 Å². The Morgan fingerprint density at radius 1 is 1.17 bits per heavy atom. The van der Waals surface area contributed by atoms with Crippen molar-refractivity contribution >= 4 is 39.2 Å². The summed E-state index contributed by atoms with van der Waals surface area (Å²) >= 11 is 3.58. The first-order valence-electron chi connectivity index (χ1n) is 8.33. The van der Waals surface area contributed by atoms with Gasteiger partial charge in [-0.3, -0.25) is 0 Å². The fraction of sp³-hybridized carbons (Fsp3) is 0.300. The summed E-state index contributed by atoms with van der Waals surface area (Å²) in [6.07, 6.45) is 3.61. The zero-order valence-corrected chi connectivity index (χ0v) is 16.1. The van der Waals surface area contributed by atoms with Crippen molar-refractivity contribution < 1.29 is 0 Å². The van der Waals surface area contributed by atoms with Crippen LogP contribution < -0.4 is 5.32 Å². The third kappa shape index (κ3) is 3.26. The number of nitrogens with one attached hydrogen (secondary N) is 2. The third-order valence-corrected chi connectivity index (χ3v) is 5.41. The van der Waals surface area contributed by atoms with Gasteiger partial charge in [-0.15, -0.1) is 12.4 Å². The molecular weight excluding hydrogens is 384 g/mol. The molecule has 0 unspecified atom stereocenters. The highest BCUT2D eigenvalue weighted by molar-refractivity contribution is 9.10. The largest absolute Gasteiger partial charge is 0.357 e. The lowest BCUT2D eigenvalue weighted by atomic mass is 9.91. The van der Waals surface area contributed by atoms with E-state index in [-0.39, 0.29) is 12.4 Å². The molecule has 3 aromatic rings. The van der Waals surface area contributed by atoms with Crippen LogP contribution in [0.25, 0.3) is 10.9 Å². The highest BCUT2D eigenvalue weighted by Gasteiger charge is 2.25. The molecular formula is C20H22BrClN2. The van der Waals surface area contributed by atoms with Crippen LogP contribution in [0.15, 0.2) is 53.0 Å². The lowest BCUT2D eigenvalue weighted by Gasteiger charge is -2.27. The molecule has 0 aliphatic heterocycles. The van der Waals surface area contributed by atoms with E-state index in [1.807, 2.05) is 0 Å². The fourth-order valence-electron chi connectivity index (χ4n) is 3.75. The van der Waals surface area contributed by atoms with Crippen molar-refractivity contribution in [3.8, 4) is 0 Å². The minimum Gasteiger partial charge on any atom is -0.357 e. The number of hydrogen-bond donors (Lipinski definition) is 2. The maximum absolute atomic E-state index is 3.82. The first kappa shape index (κ1) is 17.5. The van der Waals surface area contributed by atoms with E-state index < -0.39 is 0 Å². The van der Waals surface area contributed by atoms with Gasteiger partial charge in [0.2, 0.25) is 0 Å². The Hall–Kier alpha value is -1.29. The van der Waals surface area contributed by atoms with Crippen LogP contribution in [0.1, 0.15) is 48.7 Å². The summed E-state index contributed by atoms with van der Waals surface area (Å²) in [5, 5.41) is 5.20. The zero-order chi connectivity index (χ0) is 15.8. The van der Waals surface area contributed by atoms with E-state index in [0.717, 1.165) is 4.47 Å². The number of halogens is 2. The van der Waals surface area contributed by atoms with E-state index in [1.165, 1.54) is 47.0 Å². The molecule has 0 fully saturated rings. The van der Waals surface area contributed by atoms with Gasteiger partial charge >= 0.3 is 0 Å². The summed E-state index contributed by atoms with van der Waals surface area (Å²) < 4.78 is 1.13. The first-order valence-corrected chi connectivity index (χ1v) is 9.12. The highest BCUT2D eigenvalue weighted by atomic mass is 79.9. The Morgan fingerprint density at radius 2 is 1.96 bits per heavy atom. The predicted molar refractivity (Wildman–Crippen MR) is 107 cm³/mol. The Labute approximate surface area is 157 Å². The monoisotopic (exact) mass is 404 g/mol. The van der Waals surface area contributed by atoms with Crippen LogP contribution in [-0.4, -0.2) is 4.98 Å². The van der Waals surface area contributed by atoms with Crippen molar-refractivity contribution in [3.63, 3.8) is 0 Å². The Kier molecular flexibility index (Phi) is 5.33. The molecule has 0 saturated carbocycles. The minimum absolute atomic E-state index is 0. The molecule has 1 aromatic heterocycles. The van der Waals surface area contributed by atoms with Crippen LogP contribution in [0.4, 0.5) is 0 Å². The molecule has 0 bridgehead atoms. The smallest absolute Gasteiger partial charge is 0.0480 e. The number of aromatic nitrogens is 1. The minimum atomic E-state index is 0. The normalized spacial score (nSPS) is 18.0. The first-order chi connectivity index (χ1) is 11.2. The van der Waals surface area contributed by atoms with Gasteiger partial charge in [-0.2, -0.15) is 0 Å². The maximum atomic E-state index is 3.82. The average molecular weight is 406 g/mol. The van der Waals surface area contributed by atoms with Gasteiger partial charge in [0.05, 0.1) is 0 Å². The van der Waals surface area contributed by atoms with Crippen molar-refractivity contribution in [2.75, 3.05) is 0 Å². The van der Waals surface area contributed by atoms with Crippen LogP contribution in [0.3, 0.4) is 0 Å². The molecule has 0 spiro atoms. The molecule has 126 valence electrons. The topological polar surface area (TPSA) is 27.8 Å². The van der Waals surface area contributed by atoms with Crippen molar-refractivity contribution in [3.05, 3.63) is 69.8 Å². The molecule has 24 heavy (non-hydrogen) atoms. The molecule has 2 N–H and O–H groups in total. The van der Waals surface area contributed by atoms with Gasteiger partial charge in [-0.1, -0.05) is 52.3 Å². The lowest BCUT2D eigenvalue weighted by molar-refractivity contribution is 0.410. The molecule has 1 heterocycles. The molecule has 4 rings (SSSR count). The number of fused-ring (bicyclic) bond motifs is 3. The van der Waals surface area contributed by atoms with Crippen molar-refractivity contribution in [1.29, 1.82) is 0 Å². The van der Waals surface area contributed by atoms with E-state index in [0.29, 0.717) is 12.1 Å². The summed E-state index contributed by atoms with van der Waals surface area (Å²) in [6.45, 7) is 2.25. The van der Waals surface area contributed by atoms with E-state index in [4.69, 9.17) is 0 Å². The molecule has 2 atom stereocenters. The van der Waals surface area contributed by atoms with Crippen molar-refractivity contribution in [1.82, 2.24) is 10.3 Å². The molecule has 0 amide bonds. The molecule has 2 nitrogen and oxygen atoms in total. The summed E-state index contributed by atoms with van der Waals surface area (Å²) in [5.41, 5.74) is 5.47. The molecule has 1 aliphatic rings. The number of aromatic amines is 1. The number of hydrogen-bond acceptors (Lipinski definition) is 1. The van der Waals surface area contributed by atoms with Crippen LogP contribution in [0.5, 0.6) is 0 Å². The van der Waals surface area contributed by atoms with E-state index in [1.54, 1.807) is 0 Å². The zero-order valence-electron chi connectivity index (χ0n) is 13.7. The number of benzene rings is 2. The second-order valence-electron chi connectivity index (χ2n) is 6.45. The second-order valence-corrected chi connectivity index (χ2v) is 7.37. The van der Waals surface area contributed by atoms with Gasteiger partial charge in [0.1, 0.15) is 0 Å². The summed E-state index contributed by atoms with van der Waals surface area (Å²) in [5.74, 6) is 0. The molecule has 4 heteroatoms. The number of H-pyrrole nitrogens is 1. The van der Waals surface area contributed by atoms with E-state index in [9.17, 15) is 0 Å². The summed E-state index contributed by atoms with van der Waals surface area (Å²) in [4.78, 5) is 3.67. The third-order valence-electron chi connectivity index (χ3n) is 4.92. The summed E-state index contributed by atoms with van der Waals surface area (Å²) in [6, 6.07) is 18.0. The average Bonchev–Trinajstić information content (AvgIpc) is 2.94. The van der Waals surface area contributed by atoms with E-state index >= 15 is 0 Å². The lowest BCUT2D eigenvalue weighted by Crippen LogP contribution is -2.27. The molecule has 2 aromatic carbocycles. The van der Waals surface area contributed by atoms with Gasteiger partial charge in [-0.25, -0.2) is 0 Å². The second kappa shape index (κ2) is 7.30. The maximum Gasteiger partial charge on any atom is 0.0480 e. The van der Waals surface area contributed by atoms with Crippen LogP contribution in [0, 0.1) is 0 Å². The van der Waals surface area contributed by atoms with Crippen LogP contribution in [0.2, 0.25) is 0 Å². The molecule has 0 radical (unpaired) electrons. The fourth-order valence-corrected chi connectivity index (χ4v) is 4.11. The SMILES string of the molecule is C[C@@H](N[C@H]1CCCc2c1[nH]c1cc(Br)ccc21)c1ccccc1.Cl. The van der Waals surface area contributed by atoms with Gasteiger partial charge < -0.3 is 10.3 Å². The van der Waals surface area contributed by atoms with Crippen molar-refractivity contribution in [2.24, 2.45) is 0 Å². The molecule has 0 saturated heterocycles. The van der Waals surface area contributed by atoms with Gasteiger partial charge in [0, 0.05) is 33.2 Å². The summed E-state index contributed by atoms with van der Waals surface area (Å²) in [7, 11) is 0. The number of aryl methyl sites for hydroxylation is 1. The molecule has 1 aliphatic carbocycles. The van der Waals surface area contributed by atoms with E-state index in [2.05, 4.69) is 81.7 Å². The quantitative estimate of drug-likeness (QED) is 0.543. The van der Waals surface area contributed by atoms with Crippen molar-refractivity contribution in [2.45, 2.75) is 38.3 Å². The number of rotatable bonds is 3.